The Hall–Kier alpha value is -5.16. The molecule has 0 spiro atoms. The van der Waals surface area contributed by atoms with Crippen LogP contribution in [0.25, 0.3) is 43.9 Å². The Morgan fingerprint density at radius 1 is 0.595 bits per heavy atom. The van der Waals surface area contributed by atoms with Gasteiger partial charge in [0.05, 0.1) is 32.9 Å². The number of aryl methyl sites for hydroxylation is 2. The van der Waals surface area contributed by atoms with Gasteiger partial charge in [-0.3, -0.25) is 9.59 Å². The molecule has 204 valence electrons. The van der Waals surface area contributed by atoms with Gasteiger partial charge in [-0.25, -0.2) is 0 Å². The van der Waals surface area contributed by atoms with Crippen LogP contribution in [-0.4, -0.2) is 0 Å². The van der Waals surface area contributed by atoms with Gasteiger partial charge in [0.1, 0.15) is 22.3 Å². The van der Waals surface area contributed by atoms with Crippen LogP contribution in [0.4, 0.5) is 17.1 Å². The van der Waals surface area contributed by atoms with Gasteiger partial charge in [0.25, 0.3) is 0 Å². The molecule has 0 bridgehead atoms. The van der Waals surface area contributed by atoms with Crippen molar-refractivity contribution < 1.29 is 8.83 Å². The summed E-state index contributed by atoms with van der Waals surface area (Å²) >= 11 is 0. The minimum Gasteiger partial charge on any atom is -0.455 e. The van der Waals surface area contributed by atoms with Gasteiger partial charge < -0.3 is 13.7 Å². The number of benzene rings is 5. The standard InChI is InChI=1S/C37H27NO4/c1-20-31-33(39)23-11-5-10-16-29(23)41-35(31)21(2)36-32(20)34(40)24-18-17-22(19-30(24)42-36)38-27-14-8-6-12-25(27)37(3,4)26-13-7-9-15-28(26)38/h5-19H,1-4H3. The summed E-state index contributed by atoms with van der Waals surface area (Å²) in [4.78, 5) is 29.8. The Morgan fingerprint density at radius 2 is 1.12 bits per heavy atom. The first kappa shape index (κ1) is 24.6. The van der Waals surface area contributed by atoms with E-state index in [0.717, 1.165) is 17.1 Å². The van der Waals surface area contributed by atoms with Crippen molar-refractivity contribution in [1.82, 2.24) is 0 Å². The van der Waals surface area contributed by atoms with Crippen molar-refractivity contribution in [2.45, 2.75) is 33.1 Å². The van der Waals surface area contributed by atoms with Crippen LogP contribution in [0, 0.1) is 13.8 Å². The molecule has 0 fully saturated rings. The zero-order valence-electron chi connectivity index (χ0n) is 23.7. The Labute approximate surface area is 241 Å². The van der Waals surface area contributed by atoms with Gasteiger partial charge >= 0.3 is 0 Å². The molecule has 42 heavy (non-hydrogen) atoms. The van der Waals surface area contributed by atoms with E-state index < -0.39 is 0 Å². The van der Waals surface area contributed by atoms with E-state index >= 15 is 0 Å². The maximum atomic E-state index is 14.0. The average Bonchev–Trinajstić information content (AvgIpc) is 3.00. The summed E-state index contributed by atoms with van der Waals surface area (Å²) in [7, 11) is 0. The van der Waals surface area contributed by atoms with Gasteiger partial charge in [-0.1, -0.05) is 62.4 Å². The average molecular weight is 550 g/mol. The van der Waals surface area contributed by atoms with Crippen LogP contribution in [0.2, 0.25) is 0 Å². The van der Waals surface area contributed by atoms with Crippen molar-refractivity contribution in [3.05, 3.63) is 134 Å². The van der Waals surface area contributed by atoms with Crippen LogP contribution in [-0.2, 0) is 5.41 Å². The second-order valence-corrected chi connectivity index (χ2v) is 11.7. The predicted octanol–water partition coefficient (Wildman–Crippen LogP) is 8.93. The van der Waals surface area contributed by atoms with E-state index in [-0.39, 0.29) is 16.3 Å². The second kappa shape index (κ2) is 8.43. The van der Waals surface area contributed by atoms with E-state index in [1.807, 2.05) is 37.3 Å². The normalized spacial score (nSPS) is 14.0. The number of hydrogen-bond acceptors (Lipinski definition) is 5. The summed E-state index contributed by atoms with van der Waals surface area (Å²) < 4.78 is 12.8. The van der Waals surface area contributed by atoms with Crippen molar-refractivity contribution in [2.75, 3.05) is 4.90 Å². The smallest absolute Gasteiger partial charge is 0.200 e. The largest absolute Gasteiger partial charge is 0.455 e. The SMILES string of the molecule is Cc1c2oc3ccccc3c(=O)c2c(C)c2c(=O)c3ccc(N4c5ccccc5C(C)(C)c5ccccc54)cc3oc12. The quantitative estimate of drug-likeness (QED) is 0.191. The van der Waals surface area contributed by atoms with Crippen LogP contribution in [0.3, 0.4) is 0 Å². The highest BCUT2D eigenvalue weighted by molar-refractivity contribution is 6.06. The third-order valence-corrected chi connectivity index (χ3v) is 9.00. The second-order valence-electron chi connectivity index (χ2n) is 11.7. The maximum absolute atomic E-state index is 14.0. The van der Waals surface area contributed by atoms with Crippen molar-refractivity contribution >= 4 is 60.9 Å². The molecule has 1 aliphatic rings. The monoisotopic (exact) mass is 549 g/mol. The van der Waals surface area contributed by atoms with E-state index in [1.165, 1.54) is 11.1 Å². The molecule has 0 amide bonds. The van der Waals surface area contributed by atoms with Crippen LogP contribution in [0.5, 0.6) is 0 Å². The molecule has 2 aromatic heterocycles. The van der Waals surface area contributed by atoms with Crippen molar-refractivity contribution in [1.29, 1.82) is 0 Å². The molecule has 3 heterocycles. The molecule has 1 aliphatic heterocycles. The molecular formula is C37H27NO4. The Bertz CT molecular complexity index is 2360. The molecule has 0 saturated heterocycles. The first-order valence-electron chi connectivity index (χ1n) is 14.1. The first-order valence-corrected chi connectivity index (χ1v) is 14.1. The fourth-order valence-electron chi connectivity index (χ4n) is 6.85. The Morgan fingerprint density at radius 3 is 1.76 bits per heavy atom. The molecular weight excluding hydrogens is 522 g/mol. The van der Waals surface area contributed by atoms with E-state index in [4.69, 9.17) is 8.83 Å². The molecule has 5 aromatic carbocycles. The van der Waals surface area contributed by atoms with Crippen LogP contribution >= 0.6 is 0 Å². The van der Waals surface area contributed by atoms with Gasteiger partial charge in [0.2, 0.25) is 10.9 Å². The van der Waals surface area contributed by atoms with Gasteiger partial charge in [-0.05, 0) is 66.9 Å². The van der Waals surface area contributed by atoms with Gasteiger partial charge in [0, 0.05) is 22.7 Å². The third-order valence-electron chi connectivity index (χ3n) is 9.00. The van der Waals surface area contributed by atoms with E-state index in [0.29, 0.717) is 55.0 Å². The molecule has 0 saturated carbocycles. The molecule has 0 atom stereocenters. The lowest BCUT2D eigenvalue weighted by Gasteiger charge is -2.42. The topological polar surface area (TPSA) is 63.7 Å². The predicted molar refractivity (Wildman–Crippen MR) is 170 cm³/mol. The number of rotatable bonds is 1. The van der Waals surface area contributed by atoms with Crippen LogP contribution < -0.4 is 15.8 Å². The van der Waals surface area contributed by atoms with Crippen molar-refractivity contribution in [3.8, 4) is 0 Å². The number of fused-ring (bicyclic) bond motifs is 6. The highest BCUT2D eigenvalue weighted by Crippen LogP contribution is 2.51. The summed E-state index contributed by atoms with van der Waals surface area (Å²) in [6, 6.07) is 29.9. The third kappa shape index (κ3) is 3.13. The molecule has 0 radical (unpaired) electrons. The highest BCUT2D eigenvalue weighted by Gasteiger charge is 2.36. The van der Waals surface area contributed by atoms with Crippen LogP contribution in [0.1, 0.15) is 36.1 Å². The lowest BCUT2D eigenvalue weighted by atomic mass is 9.73. The first-order chi connectivity index (χ1) is 20.3. The number of para-hydroxylation sites is 3. The summed E-state index contributed by atoms with van der Waals surface area (Å²) in [5.41, 5.74) is 8.14. The summed E-state index contributed by atoms with van der Waals surface area (Å²) in [5, 5.41) is 1.80. The maximum Gasteiger partial charge on any atom is 0.200 e. The molecule has 0 unspecified atom stereocenters. The molecule has 7 aromatic rings. The van der Waals surface area contributed by atoms with Crippen molar-refractivity contribution in [2.24, 2.45) is 0 Å². The van der Waals surface area contributed by atoms with Gasteiger partial charge in [0.15, 0.2) is 0 Å². The van der Waals surface area contributed by atoms with E-state index in [1.54, 1.807) is 19.1 Å². The lowest BCUT2D eigenvalue weighted by Crippen LogP contribution is -2.30. The van der Waals surface area contributed by atoms with Gasteiger partial charge in [-0.2, -0.15) is 0 Å². The van der Waals surface area contributed by atoms with Crippen molar-refractivity contribution in [3.63, 3.8) is 0 Å². The fourth-order valence-corrected chi connectivity index (χ4v) is 6.85. The Balaban J connectivity index is 1.43. The zero-order valence-corrected chi connectivity index (χ0v) is 23.7. The summed E-state index contributed by atoms with van der Waals surface area (Å²) in [6.07, 6.45) is 0. The van der Waals surface area contributed by atoms with E-state index in [2.05, 4.69) is 67.3 Å². The fraction of sp³-hybridized carbons (Fsp3) is 0.135. The molecule has 5 nitrogen and oxygen atoms in total. The molecule has 5 heteroatoms. The van der Waals surface area contributed by atoms with Gasteiger partial charge in [-0.15, -0.1) is 0 Å². The minimum absolute atomic E-state index is 0.144. The summed E-state index contributed by atoms with van der Waals surface area (Å²) in [6.45, 7) is 8.16. The Kier molecular flexibility index (Phi) is 4.94. The highest BCUT2D eigenvalue weighted by atomic mass is 16.3. The molecule has 0 aliphatic carbocycles. The van der Waals surface area contributed by atoms with E-state index in [9.17, 15) is 9.59 Å². The zero-order chi connectivity index (χ0) is 28.9. The molecule has 8 rings (SSSR count). The minimum atomic E-state index is -0.174. The summed E-state index contributed by atoms with van der Waals surface area (Å²) in [5.74, 6) is 0. The number of anilines is 3. The number of hydrogen-bond donors (Lipinski definition) is 0. The number of nitrogens with zero attached hydrogens (tertiary/aromatic N) is 1. The molecule has 0 N–H and O–H groups in total. The lowest BCUT2D eigenvalue weighted by molar-refractivity contribution is 0.631. The van der Waals surface area contributed by atoms with Crippen LogP contribution in [0.15, 0.2) is 109 Å².